The zero-order valence-corrected chi connectivity index (χ0v) is 29.9. The van der Waals surface area contributed by atoms with Crippen molar-refractivity contribution in [1.29, 1.82) is 0 Å². The Bertz CT molecular complexity index is 1640. The molecule has 3 aromatic rings. The molecule has 2 aromatic heterocycles. The number of benzene rings is 1. The Morgan fingerprint density at radius 3 is 2.43 bits per heavy atom. The number of rotatable bonds is 21. The molecule has 1 aromatic carbocycles. The molecule has 0 saturated carbocycles. The number of carbonyl (C=O) groups is 1. The third-order valence-electron chi connectivity index (χ3n) is 8.98. The van der Waals surface area contributed by atoms with Crippen LogP contribution < -0.4 is 10.8 Å². The van der Waals surface area contributed by atoms with Gasteiger partial charge in [-0.05, 0) is 41.0 Å². The first-order valence-corrected chi connectivity index (χ1v) is 18.6. The standard InChI is InChI=1S/C35H47F3N6O6P/c1-4-7-9-11-13-23(14-12-10-8-5-2)20-48-33(46)27(17-24-15-25(36)18-26(37)16-24)43-51(47)49-21-35(6-3)28(45)19-29(50-35)44-22-40-30-31(39)41-34(38)42-32(30)44/h3,15-16,18,22-23,27-29,45H,4-5,7-14,17,19-21H2,1-2H3,(H,43,47)(H2,39,41,42)/q+1/t27-,28-,29+,35+/m0/s1. The first kappa shape index (κ1) is 40.1. The third kappa shape index (κ3) is 11.2. The molecule has 0 aliphatic carbocycles. The summed E-state index contributed by atoms with van der Waals surface area (Å²) < 4.78 is 73.9. The average molecular weight is 736 g/mol. The highest BCUT2D eigenvalue weighted by Crippen LogP contribution is 2.39. The molecule has 16 heteroatoms. The topological polar surface area (TPSA) is 164 Å². The summed E-state index contributed by atoms with van der Waals surface area (Å²) in [6.45, 7) is 3.84. The number of carbonyl (C=O) groups excluding carboxylic acids is 1. The van der Waals surface area contributed by atoms with Gasteiger partial charge in [0.25, 0.3) is 0 Å². The predicted molar refractivity (Wildman–Crippen MR) is 185 cm³/mol. The summed E-state index contributed by atoms with van der Waals surface area (Å²) in [4.78, 5) is 24.7. The maximum absolute atomic E-state index is 14.1. The second-order valence-corrected chi connectivity index (χ2v) is 14.0. The normalized spacial score (nSPS) is 19.8. The summed E-state index contributed by atoms with van der Waals surface area (Å²) in [6, 6.07) is 1.55. The summed E-state index contributed by atoms with van der Waals surface area (Å²) in [5.41, 5.74) is 4.20. The molecule has 0 spiro atoms. The predicted octanol–water partition coefficient (Wildman–Crippen LogP) is 6.45. The largest absolute Gasteiger partial charge is 0.614 e. The molecule has 12 nitrogen and oxygen atoms in total. The molecule has 4 rings (SSSR count). The van der Waals surface area contributed by atoms with Gasteiger partial charge in [-0.2, -0.15) is 14.4 Å². The van der Waals surface area contributed by atoms with Gasteiger partial charge in [0.2, 0.25) is 0 Å². The first-order valence-electron chi connectivity index (χ1n) is 17.5. The Labute approximate surface area is 297 Å². The quantitative estimate of drug-likeness (QED) is 0.0362. The van der Waals surface area contributed by atoms with E-state index in [-0.39, 0.29) is 47.9 Å². The van der Waals surface area contributed by atoms with Crippen LogP contribution in [0.4, 0.5) is 19.0 Å². The van der Waals surface area contributed by atoms with Gasteiger partial charge in [0, 0.05) is 18.9 Å². The fourth-order valence-electron chi connectivity index (χ4n) is 6.14. The molecular weight excluding hydrogens is 688 g/mol. The second kappa shape index (κ2) is 19.2. The lowest BCUT2D eigenvalue weighted by Gasteiger charge is -2.24. The summed E-state index contributed by atoms with van der Waals surface area (Å²) >= 11 is 0. The van der Waals surface area contributed by atoms with Crippen LogP contribution in [0.2, 0.25) is 0 Å². The van der Waals surface area contributed by atoms with E-state index in [0.29, 0.717) is 6.07 Å². The van der Waals surface area contributed by atoms with Gasteiger partial charge in [0.15, 0.2) is 28.6 Å². The molecule has 1 fully saturated rings. The number of aromatic nitrogens is 4. The van der Waals surface area contributed by atoms with Crippen molar-refractivity contribution in [2.45, 2.75) is 115 Å². The van der Waals surface area contributed by atoms with E-state index in [9.17, 15) is 27.6 Å². The minimum Gasteiger partial charge on any atom is -0.464 e. The van der Waals surface area contributed by atoms with E-state index in [1.54, 1.807) is 0 Å². The maximum Gasteiger partial charge on any atom is 0.614 e. The van der Waals surface area contributed by atoms with Crippen molar-refractivity contribution in [3.8, 4) is 12.3 Å². The second-order valence-electron chi connectivity index (χ2n) is 12.9. The van der Waals surface area contributed by atoms with Gasteiger partial charge in [0.1, 0.15) is 30.6 Å². The Morgan fingerprint density at radius 1 is 1.14 bits per heavy atom. The molecular formula is C35H47F3N6O6P+. The Kier molecular flexibility index (Phi) is 15.1. The Balaban J connectivity index is 1.43. The van der Waals surface area contributed by atoms with E-state index < -0.39 is 62.4 Å². The number of nitrogen functional groups attached to an aromatic ring is 1. The highest BCUT2D eigenvalue weighted by atomic mass is 31.1. The van der Waals surface area contributed by atoms with Gasteiger partial charge >= 0.3 is 20.2 Å². The van der Waals surface area contributed by atoms with Crippen LogP contribution in [0.5, 0.6) is 0 Å². The van der Waals surface area contributed by atoms with E-state index in [4.69, 9.17) is 26.2 Å². The van der Waals surface area contributed by atoms with Crippen LogP contribution in [0.25, 0.3) is 11.2 Å². The van der Waals surface area contributed by atoms with Crippen LogP contribution in [-0.2, 0) is 29.8 Å². The number of aliphatic hydroxyl groups is 1. The molecule has 0 radical (unpaired) electrons. The molecule has 0 bridgehead atoms. The molecule has 4 N–H and O–H groups in total. The van der Waals surface area contributed by atoms with Gasteiger partial charge in [-0.15, -0.1) is 10.9 Å². The lowest BCUT2D eigenvalue weighted by Crippen LogP contribution is -2.43. The number of nitrogens with zero attached hydrogens (tertiary/aromatic N) is 4. The number of hydrogen-bond acceptors (Lipinski definition) is 10. The van der Waals surface area contributed by atoms with Crippen molar-refractivity contribution in [2.75, 3.05) is 18.9 Å². The number of aliphatic hydroxyl groups excluding tert-OH is 1. The number of anilines is 1. The highest BCUT2D eigenvalue weighted by molar-refractivity contribution is 7.36. The monoisotopic (exact) mass is 735 g/mol. The van der Waals surface area contributed by atoms with Gasteiger partial charge in [-0.25, -0.2) is 13.8 Å². The van der Waals surface area contributed by atoms with Crippen LogP contribution in [-0.4, -0.2) is 61.6 Å². The van der Waals surface area contributed by atoms with Crippen LogP contribution in [0.3, 0.4) is 0 Å². The Hall–Kier alpha value is -3.67. The fourth-order valence-corrected chi connectivity index (χ4v) is 6.98. The number of fused-ring (bicyclic) bond motifs is 1. The number of esters is 1. The zero-order chi connectivity index (χ0) is 37.0. The lowest BCUT2D eigenvalue weighted by molar-refractivity contribution is -0.147. The van der Waals surface area contributed by atoms with Crippen LogP contribution in [0.1, 0.15) is 96.3 Å². The number of imidazole rings is 1. The van der Waals surface area contributed by atoms with Gasteiger partial charge < -0.3 is 20.3 Å². The number of hydrogen-bond donors (Lipinski definition) is 3. The molecule has 1 unspecified atom stereocenters. The zero-order valence-electron chi connectivity index (χ0n) is 29.0. The average Bonchev–Trinajstić information content (AvgIpc) is 3.66. The Morgan fingerprint density at radius 2 is 1.80 bits per heavy atom. The van der Waals surface area contributed by atoms with Crippen molar-refractivity contribution >= 4 is 31.1 Å². The number of ether oxygens (including phenoxy) is 2. The van der Waals surface area contributed by atoms with E-state index >= 15 is 0 Å². The molecule has 51 heavy (non-hydrogen) atoms. The minimum atomic E-state index is -2.87. The highest BCUT2D eigenvalue weighted by Gasteiger charge is 2.50. The molecule has 1 aliphatic rings. The molecule has 1 aliphatic heterocycles. The van der Waals surface area contributed by atoms with Crippen LogP contribution in [0.15, 0.2) is 24.5 Å². The van der Waals surface area contributed by atoms with Crippen molar-refractivity contribution in [2.24, 2.45) is 5.92 Å². The maximum atomic E-state index is 14.1. The molecule has 278 valence electrons. The third-order valence-corrected chi connectivity index (χ3v) is 9.87. The number of nitrogens with one attached hydrogen (secondary N) is 1. The molecule has 5 atom stereocenters. The number of terminal acetylenes is 1. The first-order chi connectivity index (χ1) is 24.5. The summed E-state index contributed by atoms with van der Waals surface area (Å²) in [5, 5.41) is 13.5. The smallest absolute Gasteiger partial charge is 0.464 e. The SMILES string of the molecule is C#C[C@]1(CO[P+](=O)N[C@@H](Cc2cc(F)cc(F)c2)C(=O)OCC(CCCCCC)CCCCCC)O[C@@H](n2cnc3c(N)nc(F)nc32)C[C@@H]1O. The fraction of sp³-hybridized carbons (Fsp3) is 0.600. The van der Waals surface area contributed by atoms with Crippen LogP contribution >= 0.6 is 8.18 Å². The van der Waals surface area contributed by atoms with E-state index in [1.807, 2.05) is 0 Å². The number of nitrogens with two attached hydrogens (primary N) is 1. The minimum absolute atomic E-state index is 0.0120. The van der Waals surface area contributed by atoms with Crippen molar-refractivity contribution < 1.29 is 41.6 Å². The van der Waals surface area contributed by atoms with Crippen molar-refractivity contribution in [3.63, 3.8) is 0 Å². The van der Waals surface area contributed by atoms with Crippen molar-refractivity contribution in [3.05, 3.63) is 47.8 Å². The number of halogens is 3. The number of unbranched alkanes of at least 4 members (excludes halogenated alkanes) is 6. The van der Waals surface area contributed by atoms with Crippen LogP contribution in [0, 0.1) is 36.0 Å². The molecule has 3 heterocycles. The van der Waals surface area contributed by atoms with Gasteiger partial charge in [0.05, 0.1) is 12.9 Å². The van der Waals surface area contributed by atoms with Crippen molar-refractivity contribution in [1.82, 2.24) is 24.6 Å². The van der Waals surface area contributed by atoms with E-state index in [1.165, 1.54) is 10.9 Å². The summed E-state index contributed by atoms with van der Waals surface area (Å²) in [6.07, 6.45) is 13.7. The summed E-state index contributed by atoms with van der Waals surface area (Å²) in [7, 11) is -2.87. The lowest BCUT2D eigenvalue weighted by atomic mass is 9.95. The van der Waals surface area contributed by atoms with Gasteiger partial charge in [-0.3, -0.25) is 9.36 Å². The van der Waals surface area contributed by atoms with E-state index in [0.717, 1.165) is 76.3 Å². The molecule has 0 amide bonds. The summed E-state index contributed by atoms with van der Waals surface area (Å²) in [5.74, 6) is -0.122. The molecule has 1 saturated heterocycles. The van der Waals surface area contributed by atoms with E-state index in [2.05, 4.69) is 39.8 Å². The van der Waals surface area contributed by atoms with Gasteiger partial charge in [-0.1, -0.05) is 76.2 Å².